The van der Waals surface area contributed by atoms with Crippen molar-refractivity contribution in [1.29, 1.82) is 0 Å². The molecule has 0 aliphatic heterocycles. The fraction of sp³-hybridized carbons (Fsp3) is 0.176. The van der Waals surface area contributed by atoms with E-state index in [4.69, 9.17) is 0 Å². The number of hydrogen-bond donors (Lipinski definition) is 2. The maximum atomic E-state index is 12.9. The summed E-state index contributed by atoms with van der Waals surface area (Å²) in [6, 6.07) is 13.5. The number of carbonyl (C=O) groups excluding carboxylic acids is 1. The van der Waals surface area contributed by atoms with Gasteiger partial charge in [0.15, 0.2) is 0 Å². The summed E-state index contributed by atoms with van der Waals surface area (Å²) in [5.74, 6) is -0.291. The molecule has 2 aromatic carbocycles. The van der Waals surface area contributed by atoms with Crippen LogP contribution in [-0.4, -0.2) is 11.0 Å². The molecule has 0 spiro atoms. The zero-order chi connectivity index (χ0) is 16.2. The van der Waals surface area contributed by atoms with Gasteiger partial charge in [-0.05, 0) is 36.8 Å². The third kappa shape index (κ3) is 3.84. The van der Waals surface area contributed by atoms with Gasteiger partial charge in [0, 0.05) is 0 Å². The van der Waals surface area contributed by atoms with Gasteiger partial charge in [-0.2, -0.15) is 0 Å². The standard InChI is InChI=1S/C17H16FN3OS/c1-11(12-6-8-13(18)9-7-12)20-17(22)19-10-16-21-14-4-2-3-5-15(14)23-16/h2-9,11H,10H2,1H3,(H2,19,20,22). The number of thiazole rings is 1. The number of urea groups is 1. The quantitative estimate of drug-likeness (QED) is 0.760. The minimum Gasteiger partial charge on any atom is -0.332 e. The SMILES string of the molecule is CC(NC(=O)NCc1nc2ccccc2s1)c1ccc(F)cc1. The molecule has 3 rings (SSSR count). The number of nitrogens with zero attached hydrogens (tertiary/aromatic N) is 1. The Morgan fingerprint density at radius 1 is 1.22 bits per heavy atom. The Bertz CT molecular complexity index is 783. The number of hydrogen-bond acceptors (Lipinski definition) is 3. The van der Waals surface area contributed by atoms with Crippen LogP contribution in [0, 0.1) is 5.82 Å². The molecule has 3 aromatic rings. The molecule has 0 fully saturated rings. The average molecular weight is 329 g/mol. The summed E-state index contributed by atoms with van der Waals surface area (Å²) in [5.41, 5.74) is 1.79. The van der Waals surface area contributed by atoms with Gasteiger partial charge in [-0.1, -0.05) is 24.3 Å². The number of aromatic nitrogens is 1. The first-order valence-corrected chi connectivity index (χ1v) is 8.08. The van der Waals surface area contributed by atoms with Crippen molar-refractivity contribution in [3.63, 3.8) is 0 Å². The molecule has 1 heterocycles. The van der Waals surface area contributed by atoms with E-state index in [-0.39, 0.29) is 17.9 Å². The molecule has 6 heteroatoms. The number of nitrogens with one attached hydrogen (secondary N) is 2. The Hall–Kier alpha value is -2.47. The van der Waals surface area contributed by atoms with E-state index in [0.29, 0.717) is 6.54 Å². The molecule has 1 aromatic heterocycles. The molecular weight excluding hydrogens is 313 g/mol. The lowest BCUT2D eigenvalue weighted by Gasteiger charge is -2.14. The second kappa shape index (κ2) is 6.75. The van der Waals surface area contributed by atoms with Crippen LogP contribution in [0.3, 0.4) is 0 Å². The van der Waals surface area contributed by atoms with Crippen molar-refractivity contribution in [3.05, 3.63) is 64.9 Å². The summed E-state index contributed by atoms with van der Waals surface area (Å²) in [6.07, 6.45) is 0. The lowest BCUT2D eigenvalue weighted by Crippen LogP contribution is -2.36. The molecule has 0 aliphatic rings. The van der Waals surface area contributed by atoms with Gasteiger partial charge in [0.25, 0.3) is 0 Å². The van der Waals surface area contributed by atoms with Crippen molar-refractivity contribution in [2.24, 2.45) is 0 Å². The smallest absolute Gasteiger partial charge is 0.315 e. The Morgan fingerprint density at radius 3 is 2.70 bits per heavy atom. The van der Waals surface area contributed by atoms with E-state index in [0.717, 1.165) is 20.8 Å². The number of fused-ring (bicyclic) bond motifs is 1. The lowest BCUT2D eigenvalue weighted by atomic mass is 10.1. The minimum absolute atomic E-state index is 0.203. The third-order valence-corrected chi connectivity index (χ3v) is 4.49. The van der Waals surface area contributed by atoms with Crippen LogP contribution >= 0.6 is 11.3 Å². The van der Waals surface area contributed by atoms with E-state index in [1.165, 1.54) is 12.1 Å². The predicted octanol–water partition coefficient (Wildman–Crippen LogP) is 4.00. The number of para-hydroxylation sites is 1. The fourth-order valence-corrected chi connectivity index (χ4v) is 3.14. The average Bonchev–Trinajstić information content (AvgIpc) is 2.96. The van der Waals surface area contributed by atoms with Gasteiger partial charge in [-0.25, -0.2) is 14.2 Å². The van der Waals surface area contributed by atoms with Gasteiger partial charge in [-0.15, -0.1) is 11.3 Å². The van der Waals surface area contributed by atoms with Crippen molar-refractivity contribution in [2.45, 2.75) is 19.5 Å². The highest BCUT2D eigenvalue weighted by molar-refractivity contribution is 7.18. The molecule has 4 nitrogen and oxygen atoms in total. The highest BCUT2D eigenvalue weighted by Crippen LogP contribution is 2.21. The van der Waals surface area contributed by atoms with Crippen LogP contribution in [0.2, 0.25) is 0 Å². The van der Waals surface area contributed by atoms with E-state index in [1.807, 2.05) is 31.2 Å². The molecule has 0 saturated heterocycles. The van der Waals surface area contributed by atoms with Crippen LogP contribution in [-0.2, 0) is 6.54 Å². The molecule has 0 saturated carbocycles. The van der Waals surface area contributed by atoms with E-state index in [1.54, 1.807) is 23.5 Å². The summed E-state index contributed by atoms with van der Waals surface area (Å²) < 4.78 is 14.0. The summed E-state index contributed by atoms with van der Waals surface area (Å²) in [7, 11) is 0. The Kier molecular flexibility index (Phi) is 4.52. The van der Waals surface area contributed by atoms with Gasteiger partial charge < -0.3 is 10.6 Å². The zero-order valence-corrected chi connectivity index (χ0v) is 13.4. The molecule has 1 unspecified atom stereocenters. The highest BCUT2D eigenvalue weighted by atomic mass is 32.1. The molecule has 0 bridgehead atoms. The number of rotatable bonds is 4. The highest BCUT2D eigenvalue weighted by Gasteiger charge is 2.10. The van der Waals surface area contributed by atoms with E-state index < -0.39 is 0 Å². The van der Waals surface area contributed by atoms with Crippen LogP contribution in [0.5, 0.6) is 0 Å². The Morgan fingerprint density at radius 2 is 1.96 bits per heavy atom. The van der Waals surface area contributed by atoms with Gasteiger partial charge in [-0.3, -0.25) is 0 Å². The topological polar surface area (TPSA) is 54.0 Å². The maximum absolute atomic E-state index is 12.9. The fourth-order valence-electron chi connectivity index (χ4n) is 2.23. The molecule has 118 valence electrons. The summed E-state index contributed by atoms with van der Waals surface area (Å²) in [4.78, 5) is 16.4. The van der Waals surface area contributed by atoms with Gasteiger partial charge in [0.05, 0.1) is 22.8 Å². The van der Waals surface area contributed by atoms with Crippen molar-refractivity contribution < 1.29 is 9.18 Å². The largest absolute Gasteiger partial charge is 0.332 e. The first-order valence-electron chi connectivity index (χ1n) is 7.26. The van der Waals surface area contributed by atoms with Crippen molar-refractivity contribution in [2.75, 3.05) is 0 Å². The number of halogens is 1. The summed E-state index contributed by atoms with van der Waals surface area (Å²) in [6.45, 7) is 2.23. The second-order valence-electron chi connectivity index (χ2n) is 5.18. The number of benzene rings is 2. The zero-order valence-electron chi connectivity index (χ0n) is 12.5. The maximum Gasteiger partial charge on any atom is 0.315 e. The monoisotopic (exact) mass is 329 g/mol. The summed E-state index contributed by atoms with van der Waals surface area (Å²) >= 11 is 1.56. The molecule has 1 atom stereocenters. The minimum atomic E-state index is -0.291. The van der Waals surface area contributed by atoms with E-state index >= 15 is 0 Å². The molecule has 23 heavy (non-hydrogen) atoms. The van der Waals surface area contributed by atoms with Crippen molar-refractivity contribution >= 4 is 27.6 Å². The van der Waals surface area contributed by atoms with Gasteiger partial charge >= 0.3 is 6.03 Å². The van der Waals surface area contributed by atoms with Crippen LogP contribution in [0.1, 0.15) is 23.5 Å². The molecule has 0 aliphatic carbocycles. The Labute approximate surface area is 137 Å². The van der Waals surface area contributed by atoms with Gasteiger partial charge in [0.1, 0.15) is 10.8 Å². The van der Waals surface area contributed by atoms with Crippen LogP contribution < -0.4 is 10.6 Å². The second-order valence-corrected chi connectivity index (χ2v) is 6.29. The van der Waals surface area contributed by atoms with E-state index in [2.05, 4.69) is 15.6 Å². The van der Waals surface area contributed by atoms with Crippen LogP contribution in [0.25, 0.3) is 10.2 Å². The summed E-state index contributed by atoms with van der Waals surface area (Å²) in [5, 5.41) is 6.48. The molecular formula is C17H16FN3OS. The first kappa shape index (κ1) is 15.4. The first-order chi connectivity index (χ1) is 11.1. The van der Waals surface area contributed by atoms with E-state index in [9.17, 15) is 9.18 Å². The number of carbonyl (C=O) groups is 1. The van der Waals surface area contributed by atoms with Crippen molar-refractivity contribution in [1.82, 2.24) is 15.6 Å². The van der Waals surface area contributed by atoms with Crippen LogP contribution in [0.4, 0.5) is 9.18 Å². The number of amides is 2. The normalized spacial score (nSPS) is 12.1. The molecule has 2 amide bonds. The third-order valence-electron chi connectivity index (χ3n) is 3.46. The Balaban J connectivity index is 1.55. The van der Waals surface area contributed by atoms with Crippen molar-refractivity contribution in [3.8, 4) is 0 Å². The molecule has 2 N–H and O–H groups in total. The van der Waals surface area contributed by atoms with Gasteiger partial charge in [0.2, 0.25) is 0 Å². The predicted molar refractivity (Wildman–Crippen MR) is 89.8 cm³/mol. The molecule has 0 radical (unpaired) electrons. The lowest BCUT2D eigenvalue weighted by molar-refractivity contribution is 0.237. The van der Waals surface area contributed by atoms with Crippen LogP contribution in [0.15, 0.2) is 48.5 Å².